The third-order valence-corrected chi connectivity index (χ3v) is 2.98. The van der Waals surface area contributed by atoms with Gasteiger partial charge < -0.3 is 10.1 Å². The maximum Gasteiger partial charge on any atom is 0.125 e. The van der Waals surface area contributed by atoms with E-state index in [4.69, 9.17) is 4.74 Å². The standard InChI is InChI=1S/C16H27NO/c1-6-7-8-18-16-13(4)9-15(10-14(16)5)11-17-12(2)3/h9-10,12,17H,6-8,11H2,1-5H3. The molecule has 0 saturated heterocycles. The van der Waals surface area contributed by atoms with E-state index in [1.165, 1.54) is 23.1 Å². The fourth-order valence-corrected chi connectivity index (χ4v) is 2.01. The first kappa shape index (κ1) is 15.0. The number of nitrogens with one attached hydrogen (secondary N) is 1. The summed E-state index contributed by atoms with van der Waals surface area (Å²) in [6.45, 7) is 12.5. The van der Waals surface area contributed by atoms with Gasteiger partial charge in [0.05, 0.1) is 6.61 Å². The maximum absolute atomic E-state index is 5.87. The van der Waals surface area contributed by atoms with Crippen molar-refractivity contribution >= 4 is 0 Å². The van der Waals surface area contributed by atoms with Crippen molar-refractivity contribution in [2.75, 3.05) is 6.61 Å². The van der Waals surface area contributed by atoms with Crippen LogP contribution in [0.4, 0.5) is 0 Å². The summed E-state index contributed by atoms with van der Waals surface area (Å²) in [5.41, 5.74) is 3.82. The van der Waals surface area contributed by atoms with Crippen molar-refractivity contribution in [3.8, 4) is 5.75 Å². The van der Waals surface area contributed by atoms with Crippen molar-refractivity contribution < 1.29 is 4.74 Å². The van der Waals surface area contributed by atoms with Crippen molar-refractivity contribution in [2.24, 2.45) is 0 Å². The molecular formula is C16H27NO. The van der Waals surface area contributed by atoms with Crippen LogP contribution in [0.2, 0.25) is 0 Å². The van der Waals surface area contributed by atoms with Crippen molar-refractivity contribution in [3.63, 3.8) is 0 Å². The largest absolute Gasteiger partial charge is 0.493 e. The molecule has 0 aromatic heterocycles. The average Bonchev–Trinajstić information content (AvgIpc) is 2.30. The van der Waals surface area contributed by atoms with Gasteiger partial charge in [0.25, 0.3) is 0 Å². The molecule has 2 heteroatoms. The van der Waals surface area contributed by atoms with Gasteiger partial charge in [0.15, 0.2) is 0 Å². The molecule has 0 unspecified atom stereocenters. The average molecular weight is 249 g/mol. The lowest BCUT2D eigenvalue weighted by Gasteiger charge is -2.15. The number of aryl methyl sites for hydroxylation is 2. The molecule has 1 rings (SSSR count). The van der Waals surface area contributed by atoms with E-state index < -0.39 is 0 Å². The van der Waals surface area contributed by atoms with E-state index in [0.717, 1.165) is 25.3 Å². The molecule has 1 aromatic rings. The van der Waals surface area contributed by atoms with Crippen LogP contribution in [0.1, 0.15) is 50.3 Å². The lowest BCUT2D eigenvalue weighted by atomic mass is 10.1. The maximum atomic E-state index is 5.87. The molecule has 1 aromatic carbocycles. The van der Waals surface area contributed by atoms with Gasteiger partial charge in [0.1, 0.15) is 5.75 Å². The first-order chi connectivity index (χ1) is 8.54. The van der Waals surface area contributed by atoms with Gasteiger partial charge >= 0.3 is 0 Å². The lowest BCUT2D eigenvalue weighted by molar-refractivity contribution is 0.305. The second-order valence-electron chi connectivity index (χ2n) is 5.30. The number of hydrogen-bond donors (Lipinski definition) is 1. The molecule has 0 aliphatic carbocycles. The van der Waals surface area contributed by atoms with Gasteiger partial charge in [-0.3, -0.25) is 0 Å². The minimum Gasteiger partial charge on any atom is -0.493 e. The number of rotatable bonds is 7. The molecule has 0 spiro atoms. The van der Waals surface area contributed by atoms with E-state index in [1.54, 1.807) is 0 Å². The predicted octanol–water partition coefficient (Wildman–Crippen LogP) is 3.98. The Bertz CT molecular complexity index is 348. The molecule has 1 N–H and O–H groups in total. The van der Waals surface area contributed by atoms with Gasteiger partial charge in [-0.15, -0.1) is 0 Å². The van der Waals surface area contributed by atoms with Crippen LogP contribution < -0.4 is 10.1 Å². The molecule has 0 radical (unpaired) electrons. The Kier molecular flexibility index (Phi) is 6.20. The zero-order valence-electron chi connectivity index (χ0n) is 12.5. The van der Waals surface area contributed by atoms with Gasteiger partial charge in [-0.2, -0.15) is 0 Å². The molecule has 102 valence electrons. The zero-order chi connectivity index (χ0) is 13.5. The summed E-state index contributed by atoms with van der Waals surface area (Å²) < 4.78 is 5.87. The highest BCUT2D eigenvalue weighted by atomic mass is 16.5. The summed E-state index contributed by atoms with van der Waals surface area (Å²) in [6, 6.07) is 4.97. The van der Waals surface area contributed by atoms with Gasteiger partial charge in [-0.1, -0.05) is 39.3 Å². The first-order valence-corrected chi connectivity index (χ1v) is 7.01. The van der Waals surface area contributed by atoms with Crippen molar-refractivity contribution in [3.05, 3.63) is 28.8 Å². The molecule has 0 aliphatic rings. The zero-order valence-corrected chi connectivity index (χ0v) is 12.5. The SMILES string of the molecule is CCCCOc1c(C)cc(CNC(C)C)cc1C. The molecule has 0 atom stereocenters. The minimum atomic E-state index is 0.520. The monoisotopic (exact) mass is 249 g/mol. The van der Waals surface area contributed by atoms with E-state index in [0.29, 0.717) is 6.04 Å². The topological polar surface area (TPSA) is 21.3 Å². The number of benzene rings is 1. The van der Waals surface area contributed by atoms with Crippen molar-refractivity contribution in [1.29, 1.82) is 0 Å². The Morgan fingerprint density at radius 3 is 2.28 bits per heavy atom. The Hall–Kier alpha value is -1.02. The molecule has 2 nitrogen and oxygen atoms in total. The highest BCUT2D eigenvalue weighted by molar-refractivity contribution is 5.43. The fourth-order valence-electron chi connectivity index (χ4n) is 2.01. The van der Waals surface area contributed by atoms with E-state index in [2.05, 4.69) is 52.1 Å². The summed E-state index contributed by atoms with van der Waals surface area (Å²) >= 11 is 0. The Morgan fingerprint density at radius 2 is 1.78 bits per heavy atom. The summed E-state index contributed by atoms with van der Waals surface area (Å²) in [5.74, 6) is 1.07. The number of ether oxygens (including phenoxy) is 1. The molecule has 18 heavy (non-hydrogen) atoms. The van der Waals surface area contributed by atoms with E-state index in [-0.39, 0.29) is 0 Å². The lowest BCUT2D eigenvalue weighted by Crippen LogP contribution is -2.21. The second kappa shape index (κ2) is 7.42. The molecule has 0 heterocycles. The molecule has 0 amide bonds. The summed E-state index contributed by atoms with van der Waals surface area (Å²) in [5, 5.41) is 3.45. The van der Waals surface area contributed by atoms with Crippen LogP contribution in [-0.4, -0.2) is 12.6 Å². The van der Waals surface area contributed by atoms with Gasteiger partial charge in [-0.05, 0) is 37.0 Å². The van der Waals surface area contributed by atoms with Crippen molar-refractivity contribution in [1.82, 2.24) is 5.32 Å². The third kappa shape index (κ3) is 4.69. The van der Waals surface area contributed by atoms with Crippen LogP contribution in [-0.2, 0) is 6.54 Å². The van der Waals surface area contributed by atoms with Gasteiger partial charge in [-0.25, -0.2) is 0 Å². The summed E-state index contributed by atoms with van der Waals surface area (Å²) in [7, 11) is 0. The summed E-state index contributed by atoms with van der Waals surface area (Å²) in [6.07, 6.45) is 2.30. The Balaban J connectivity index is 2.71. The minimum absolute atomic E-state index is 0.520. The third-order valence-electron chi connectivity index (χ3n) is 2.98. The van der Waals surface area contributed by atoms with Crippen LogP contribution in [0, 0.1) is 13.8 Å². The fraction of sp³-hybridized carbons (Fsp3) is 0.625. The highest BCUT2D eigenvalue weighted by Crippen LogP contribution is 2.25. The quantitative estimate of drug-likeness (QED) is 0.738. The van der Waals surface area contributed by atoms with Crippen molar-refractivity contribution in [2.45, 2.75) is 60.0 Å². The van der Waals surface area contributed by atoms with Gasteiger partial charge in [0, 0.05) is 12.6 Å². The molecule has 0 bridgehead atoms. The van der Waals surface area contributed by atoms with Crippen LogP contribution in [0.5, 0.6) is 5.75 Å². The number of hydrogen-bond acceptors (Lipinski definition) is 2. The Morgan fingerprint density at radius 1 is 1.17 bits per heavy atom. The molecule has 0 saturated carbocycles. The summed E-state index contributed by atoms with van der Waals surface area (Å²) in [4.78, 5) is 0. The smallest absolute Gasteiger partial charge is 0.125 e. The number of unbranched alkanes of at least 4 members (excludes halogenated alkanes) is 1. The second-order valence-corrected chi connectivity index (χ2v) is 5.30. The predicted molar refractivity (Wildman–Crippen MR) is 78.3 cm³/mol. The van der Waals surface area contributed by atoms with Crippen LogP contribution >= 0.6 is 0 Å². The van der Waals surface area contributed by atoms with E-state index in [1.807, 2.05) is 0 Å². The van der Waals surface area contributed by atoms with Crippen LogP contribution in [0.15, 0.2) is 12.1 Å². The van der Waals surface area contributed by atoms with Gasteiger partial charge in [0.2, 0.25) is 0 Å². The van der Waals surface area contributed by atoms with E-state index in [9.17, 15) is 0 Å². The first-order valence-electron chi connectivity index (χ1n) is 7.01. The molecule has 0 fully saturated rings. The molecule has 0 aliphatic heterocycles. The highest BCUT2D eigenvalue weighted by Gasteiger charge is 2.06. The van der Waals surface area contributed by atoms with Crippen LogP contribution in [0.3, 0.4) is 0 Å². The van der Waals surface area contributed by atoms with E-state index >= 15 is 0 Å². The normalized spacial score (nSPS) is 11.0. The molecular weight excluding hydrogens is 222 g/mol. The Labute approximate surface area is 112 Å². The van der Waals surface area contributed by atoms with Crippen LogP contribution in [0.25, 0.3) is 0 Å².